The van der Waals surface area contributed by atoms with Gasteiger partial charge in [-0.3, -0.25) is 0 Å². The van der Waals surface area contributed by atoms with E-state index in [1.54, 1.807) is 5.20 Å². The van der Waals surface area contributed by atoms with Gasteiger partial charge in [-0.15, -0.1) is 0 Å². The summed E-state index contributed by atoms with van der Waals surface area (Å²) < 4.78 is 8.91. The zero-order valence-corrected chi connectivity index (χ0v) is 20.6. The van der Waals surface area contributed by atoms with Gasteiger partial charge >= 0.3 is 0 Å². The molecule has 1 aliphatic heterocycles. The lowest BCUT2D eigenvalue weighted by atomic mass is 9.99. The van der Waals surface area contributed by atoms with E-state index in [-0.39, 0.29) is 0 Å². The van der Waals surface area contributed by atoms with Crippen LogP contribution in [-0.4, -0.2) is 8.07 Å². The second kappa shape index (κ2) is 7.04. The van der Waals surface area contributed by atoms with Crippen molar-refractivity contribution in [1.82, 2.24) is 0 Å². The Kier molecular flexibility index (Phi) is 4.31. The monoisotopic (exact) mass is 447 g/mol. The molecule has 0 radical (unpaired) electrons. The minimum Gasteiger partial charge on any atom is -0.454 e. The Balaban J connectivity index is 1.70. The molecule has 33 heavy (non-hydrogen) atoms. The fraction of sp³-hybridized carbons (Fsp3) is 0.241. The number of furan rings is 1. The summed E-state index contributed by atoms with van der Waals surface area (Å²) in [5.74, 6) is 0. The lowest BCUT2D eigenvalue weighted by Crippen LogP contribution is -2.30. The van der Waals surface area contributed by atoms with Crippen LogP contribution >= 0.6 is 0 Å². The molecular formula is C29H27N2OSi+. The third kappa shape index (κ3) is 2.76. The van der Waals surface area contributed by atoms with E-state index in [1.165, 1.54) is 35.6 Å². The Morgan fingerprint density at radius 3 is 2.45 bits per heavy atom. The van der Waals surface area contributed by atoms with E-state index in [9.17, 15) is 5.26 Å². The fourth-order valence-corrected chi connectivity index (χ4v) is 9.54. The molecule has 4 aromatic rings. The van der Waals surface area contributed by atoms with E-state index >= 15 is 0 Å². The van der Waals surface area contributed by atoms with E-state index < -0.39 is 8.07 Å². The van der Waals surface area contributed by atoms with Crippen LogP contribution in [0.25, 0.3) is 38.4 Å². The Labute approximate surface area is 195 Å². The van der Waals surface area contributed by atoms with E-state index in [0.717, 1.165) is 44.3 Å². The number of aromatic nitrogens is 1. The van der Waals surface area contributed by atoms with Crippen LogP contribution in [0.3, 0.4) is 0 Å². The molecule has 162 valence electrons. The summed E-state index contributed by atoms with van der Waals surface area (Å²) in [7, 11) is 0.244. The molecule has 2 aromatic heterocycles. The van der Waals surface area contributed by atoms with Gasteiger partial charge in [0.1, 0.15) is 26.3 Å². The number of fused-ring (bicyclic) bond motifs is 3. The average molecular weight is 448 g/mol. The van der Waals surface area contributed by atoms with Crippen LogP contribution in [0, 0.1) is 18.3 Å². The second-order valence-electron chi connectivity index (χ2n) is 9.95. The van der Waals surface area contributed by atoms with Crippen molar-refractivity contribution in [3.8, 4) is 17.3 Å². The highest BCUT2D eigenvalue weighted by Gasteiger charge is 2.41. The normalized spacial score (nSPS) is 17.0. The Bertz CT molecular complexity index is 1590. The van der Waals surface area contributed by atoms with Gasteiger partial charge in [-0.05, 0) is 55.1 Å². The van der Waals surface area contributed by atoms with Crippen molar-refractivity contribution in [2.24, 2.45) is 7.05 Å². The van der Waals surface area contributed by atoms with Gasteiger partial charge in [-0.1, -0.05) is 42.1 Å². The van der Waals surface area contributed by atoms with Gasteiger partial charge in [0.15, 0.2) is 6.20 Å². The number of hydrogen-bond donors (Lipinski definition) is 0. The molecule has 0 atom stereocenters. The summed E-state index contributed by atoms with van der Waals surface area (Å²) in [4.78, 5) is 0. The first kappa shape index (κ1) is 20.2. The Hall–Kier alpha value is -3.42. The van der Waals surface area contributed by atoms with Gasteiger partial charge in [0.05, 0.1) is 17.2 Å². The molecule has 6 rings (SSSR count). The molecule has 1 aliphatic carbocycles. The predicted octanol–water partition coefficient (Wildman–Crippen LogP) is 6.92. The van der Waals surface area contributed by atoms with Gasteiger partial charge in [0.2, 0.25) is 5.69 Å². The van der Waals surface area contributed by atoms with Crippen molar-refractivity contribution in [2.45, 2.75) is 39.3 Å². The van der Waals surface area contributed by atoms with Crippen LogP contribution in [-0.2, 0) is 7.05 Å². The Morgan fingerprint density at radius 1 is 0.970 bits per heavy atom. The molecule has 2 aromatic carbocycles. The molecule has 4 heteroatoms. The zero-order valence-electron chi connectivity index (χ0n) is 19.6. The number of hydrogen-bond acceptors (Lipinski definition) is 2. The average Bonchev–Trinajstić information content (AvgIpc) is 3.47. The molecule has 0 unspecified atom stereocenters. The number of benzene rings is 2. The molecule has 0 N–H and O–H groups in total. The van der Waals surface area contributed by atoms with Gasteiger partial charge in [-0.2, -0.15) is 5.26 Å². The van der Waals surface area contributed by atoms with Crippen molar-refractivity contribution in [2.75, 3.05) is 0 Å². The molecule has 0 spiro atoms. The summed E-state index contributed by atoms with van der Waals surface area (Å²) in [6.07, 6.45) is 8.11. The van der Waals surface area contributed by atoms with Crippen LogP contribution in [0.15, 0.2) is 69.9 Å². The van der Waals surface area contributed by atoms with E-state index in [4.69, 9.17) is 4.42 Å². The summed E-state index contributed by atoms with van der Waals surface area (Å²) in [5.41, 5.74) is 8.46. The summed E-state index contributed by atoms with van der Waals surface area (Å²) in [6, 6.07) is 17.1. The molecule has 0 amide bonds. The quantitative estimate of drug-likeness (QED) is 0.247. The number of pyridine rings is 1. The summed E-state index contributed by atoms with van der Waals surface area (Å²) in [5, 5.41) is 15.3. The van der Waals surface area contributed by atoms with Gasteiger partial charge in [0, 0.05) is 28.5 Å². The third-order valence-corrected chi connectivity index (χ3v) is 11.5. The van der Waals surface area contributed by atoms with Crippen LogP contribution in [0.1, 0.15) is 36.0 Å². The number of aryl methyl sites for hydroxylation is 2. The highest BCUT2D eigenvalue weighted by molar-refractivity contribution is 7.01. The topological polar surface area (TPSA) is 40.8 Å². The minimum atomic E-state index is -1.83. The van der Waals surface area contributed by atoms with Crippen LogP contribution in [0.4, 0.5) is 0 Å². The standard InChI is InChI=1S/C29H27N2OSi/c1-18-11-13-21-22-14-12-20(17-30)27(25-16-19-8-7-10-24(19)33(25,3)4)29(22)32-28(21)26(18)23-9-5-6-15-31(23)2/h5-6,9,11-16H,7-8,10H2,1-4H3/q+1. The van der Waals surface area contributed by atoms with Gasteiger partial charge in [0.25, 0.3) is 0 Å². The van der Waals surface area contributed by atoms with E-state index in [2.05, 4.69) is 80.3 Å². The highest BCUT2D eigenvalue weighted by atomic mass is 28.3. The molecular weight excluding hydrogens is 420 g/mol. The number of rotatable bonds is 2. The zero-order chi connectivity index (χ0) is 22.9. The first-order valence-electron chi connectivity index (χ1n) is 11.7. The van der Waals surface area contributed by atoms with E-state index in [0.29, 0.717) is 0 Å². The molecule has 0 saturated carbocycles. The van der Waals surface area contributed by atoms with Gasteiger partial charge < -0.3 is 4.42 Å². The van der Waals surface area contributed by atoms with Crippen LogP contribution < -0.4 is 4.57 Å². The van der Waals surface area contributed by atoms with E-state index in [1.807, 2.05) is 12.1 Å². The molecule has 3 heterocycles. The van der Waals surface area contributed by atoms with Gasteiger partial charge in [-0.25, -0.2) is 4.57 Å². The highest BCUT2D eigenvalue weighted by Crippen LogP contribution is 2.50. The number of nitriles is 1. The van der Waals surface area contributed by atoms with Crippen molar-refractivity contribution in [3.63, 3.8) is 0 Å². The summed E-state index contributed by atoms with van der Waals surface area (Å²) >= 11 is 0. The molecule has 2 aliphatic rings. The second-order valence-corrected chi connectivity index (χ2v) is 14.3. The maximum absolute atomic E-state index is 10.1. The maximum atomic E-state index is 10.1. The maximum Gasteiger partial charge on any atom is 0.216 e. The molecule has 0 bridgehead atoms. The molecule has 3 nitrogen and oxygen atoms in total. The summed E-state index contributed by atoms with van der Waals surface area (Å²) in [6.45, 7) is 7.02. The van der Waals surface area contributed by atoms with Crippen molar-refractivity contribution in [3.05, 3.63) is 82.2 Å². The SMILES string of the molecule is Cc1ccc2c(oc3c(C4=CC5=C(CCC5)[Si]4(C)C)c(C#N)ccc32)c1-c1cccc[n+]1C. The Morgan fingerprint density at radius 2 is 1.73 bits per heavy atom. The van der Waals surface area contributed by atoms with Crippen LogP contribution in [0.2, 0.25) is 13.1 Å². The molecule has 0 saturated heterocycles. The van der Waals surface area contributed by atoms with Crippen molar-refractivity contribution in [1.29, 1.82) is 5.26 Å². The minimum absolute atomic E-state index is 0.720. The first-order valence-corrected chi connectivity index (χ1v) is 14.7. The molecule has 0 fully saturated rings. The predicted molar refractivity (Wildman–Crippen MR) is 136 cm³/mol. The smallest absolute Gasteiger partial charge is 0.216 e. The van der Waals surface area contributed by atoms with Crippen molar-refractivity contribution < 1.29 is 8.98 Å². The fourth-order valence-electron chi connectivity index (χ4n) is 6.01. The lowest BCUT2D eigenvalue weighted by molar-refractivity contribution is -0.660. The largest absolute Gasteiger partial charge is 0.454 e. The number of allylic oxidation sites excluding steroid dienone is 3. The van der Waals surface area contributed by atoms with Crippen molar-refractivity contribution >= 4 is 35.2 Å². The van der Waals surface area contributed by atoms with Crippen LogP contribution in [0.5, 0.6) is 0 Å². The first-order chi connectivity index (χ1) is 15.9. The number of nitrogens with zero attached hydrogens (tertiary/aromatic N) is 2. The lowest BCUT2D eigenvalue weighted by Gasteiger charge is -2.25. The third-order valence-electron chi connectivity index (χ3n) is 7.73.